The molecule has 1 saturated heterocycles. The highest BCUT2D eigenvalue weighted by molar-refractivity contribution is 6.74. The summed E-state index contributed by atoms with van der Waals surface area (Å²) in [6.07, 6.45) is 0.982. The molecule has 13 heteroatoms. The highest BCUT2D eigenvalue weighted by Crippen LogP contribution is 2.38. The van der Waals surface area contributed by atoms with E-state index in [9.17, 15) is 9.90 Å². The molecule has 0 spiro atoms. The molecule has 1 amide bonds. The van der Waals surface area contributed by atoms with E-state index in [1.165, 1.54) is 0 Å². The Morgan fingerprint density at radius 2 is 1.93 bits per heavy atom. The Hall–Kier alpha value is -3.52. The van der Waals surface area contributed by atoms with Crippen molar-refractivity contribution in [2.75, 3.05) is 31.7 Å². The summed E-state index contributed by atoms with van der Waals surface area (Å²) in [5.74, 6) is 2.24. The van der Waals surface area contributed by atoms with Crippen molar-refractivity contribution in [1.82, 2.24) is 15.1 Å². The lowest BCUT2D eigenvalue weighted by Gasteiger charge is -2.39. The SMILES string of the molecule is Cc1noc(C)c1-c1nc(-c2cccc(OCC(CCOC(N)=O)O[Si](C)(C)C(C)(C)C)c2)nc(NC2CCOCC2)c1CO. The van der Waals surface area contributed by atoms with Crippen molar-refractivity contribution in [2.45, 2.75) is 90.8 Å². The number of anilines is 1. The van der Waals surface area contributed by atoms with E-state index in [2.05, 4.69) is 44.3 Å². The number of hydrogen-bond acceptors (Lipinski definition) is 11. The lowest BCUT2D eigenvalue weighted by atomic mass is 10.0. The first kappa shape index (κ1) is 34.4. The van der Waals surface area contributed by atoms with E-state index in [0.717, 1.165) is 24.0 Å². The molecule has 4 N–H and O–H groups in total. The van der Waals surface area contributed by atoms with Gasteiger partial charge in [0.05, 0.1) is 36.3 Å². The normalized spacial score (nSPS) is 15.1. The number of carbonyl (C=O) groups is 1. The van der Waals surface area contributed by atoms with Gasteiger partial charge < -0.3 is 39.3 Å². The molecular weight excluding hydrogens is 594 g/mol. The summed E-state index contributed by atoms with van der Waals surface area (Å²) in [7, 11) is -2.14. The number of nitrogens with one attached hydrogen (secondary N) is 1. The van der Waals surface area contributed by atoms with Gasteiger partial charge in [0.25, 0.3) is 0 Å². The van der Waals surface area contributed by atoms with Crippen LogP contribution in [0.25, 0.3) is 22.6 Å². The van der Waals surface area contributed by atoms with Gasteiger partial charge in [0.15, 0.2) is 14.1 Å². The van der Waals surface area contributed by atoms with E-state index in [1.807, 2.05) is 38.1 Å². The van der Waals surface area contributed by atoms with E-state index >= 15 is 0 Å². The topological polar surface area (TPSA) is 164 Å². The molecule has 1 aliphatic heterocycles. The highest BCUT2D eigenvalue weighted by atomic mass is 28.4. The van der Waals surface area contributed by atoms with E-state index < -0.39 is 14.4 Å². The smallest absolute Gasteiger partial charge is 0.404 e. The zero-order chi connectivity index (χ0) is 32.8. The van der Waals surface area contributed by atoms with Crippen molar-refractivity contribution in [2.24, 2.45) is 5.73 Å². The summed E-state index contributed by atoms with van der Waals surface area (Å²) in [4.78, 5) is 21.0. The molecule has 3 aromatic rings. The van der Waals surface area contributed by atoms with Crippen LogP contribution >= 0.6 is 0 Å². The van der Waals surface area contributed by atoms with Gasteiger partial charge in [-0.25, -0.2) is 14.8 Å². The minimum Gasteiger partial charge on any atom is -0.491 e. The number of hydrogen-bond donors (Lipinski definition) is 3. The van der Waals surface area contributed by atoms with Gasteiger partial charge in [-0.15, -0.1) is 0 Å². The molecule has 1 aromatic carbocycles. The third-order valence-electron chi connectivity index (χ3n) is 8.48. The predicted octanol–water partition coefficient (Wildman–Crippen LogP) is 5.75. The minimum absolute atomic E-state index is 0.0108. The minimum atomic E-state index is -2.14. The number of aromatic nitrogens is 3. The fraction of sp³-hybridized carbons (Fsp3) is 0.562. The molecule has 0 aliphatic carbocycles. The van der Waals surface area contributed by atoms with Crippen molar-refractivity contribution in [1.29, 1.82) is 0 Å². The van der Waals surface area contributed by atoms with Crippen molar-refractivity contribution < 1.29 is 33.1 Å². The molecule has 0 bridgehead atoms. The van der Waals surface area contributed by atoms with Crippen LogP contribution in [-0.4, -0.2) is 73.2 Å². The summed E-state index contributed by atoms with van der Waals surface area (Å²) < 4.78 is 28.9. The average molecular weight is 642 g/mol. The van der Waals surface area contributed by atoms with Gasteiger partial charge in [0.1, 0.15) is 23.9 Å². The maximum atomic E-state index is 11.2. The van der Waals surface area contributed by atoms with Gasteiger partial charge in [0, 0.05) is 36.8 Å². The van der Waals surface area contributed by atoms with Gasteiger partial charge in [-0.2, -0.15) is 0 Å². The second-order valence-corrected chi connectivity index (χ2v) is 17.7. The van der Waals surface area contributed by atoms with Crippen molar-refractivity contribution in [3.63, 3.8) is 0 Å². The van der Waals surface area contributed by atoms with Crippen LogP contribution in [0.5, 0.6) is 5.75 Å². The molecule has 4 rings (SSSR count). The second kappa shape index (κ2) is 14.7. The first-order chi connectivity index (χ1) is 21.3. The summed E-state index contributed by atoms with van der Waals surface area (Å²) in [5.41, 5.74) is 8.47. The molecule has 3 heterocycles. The van der Waals surface area contributed by atoms with Crippen LogP contribution in [0.15, 0.2) is 28.8 Å². The molecule has 1 atom stereocenters. The molecule has 1 unspecified atom stereocenters. The highest BCUT2D eigenvalue weighted by Gasteiger charge is 2.39. The largest absolute Gasteiger partial charge is 0.491 e. The Kier molecular flexibility index (Phi) is 11.2. The van der Waals surface area contributed by atoms with Crippen molar-refractivity contribution in [3.8, 4) is 28.4 Å². The van der Waals surface area contributed by atoms with E-state index in [-0.39, 0.29) is 37.0 Å². The zero-order valence-electron chi connectivity index (χ0n) is 27.4. The first-order valence-corrected chi connectivity index (χ1v) is 18.3. The molecular formula is C32H47N5O7Si. The van der Waals surface area contributed by atoms with Crippen LogP contribution < -0.4 is 15.8 Å². The standard InChI is InChI=1S/C32H47N5O7Si/c1-20-27(21(2)43-37-20)28-26(18-38)30(34-23-11-14-40-15-12-23)36-29(35-28)22-9-8-10-24(17-22)42-19-25(13-16-41-31(33)39)44-45(6,7)32(3,4)5/h8-10,17,23,25,38H,11-16,18-19H2,1-7H3,(H2,33,39)(H,34,35,36). The number of carbonyl (C=O) groups excluding carboxylic acids is 1. The third-order valence-corrected chi connectivity index (χ3v) is 13.0. The fourth-order valence-corrected chi connectivity index (χ4v) is 6.29. The van der Waals surface area contributed by atoms with Crippen LogP contribution in [0.2, 0.25) is 18.1 Å². The van der Waals surface area contributed by atoms with E-state index in [1.54, 1.807) is 0 Å². The Morgan fingerprint density at radius 1 is 1.20 bits per heavy atom. The van der Waals surface area contributed by atoms with Crippen LogP contribution in [-0.2, 0) is 20.5 Å². The van der Waals surface area contributed by atoms with Gasteiger partial charge in [-0.05, 0) is 57.0 Å². The number of amides is 1. The second-order valence-electron chi connectivity index (χ2n) is 12.9. The zero-order valence-corrected chi connectivity index (χ0v) is 28.4. The van der Waals surface area contributed by atoms with E-state index in [4.69, 9.17) is 38.9 Å². The van der Waals surface area contributed by atoms with Crippen molar-refractivity contribution >= 4 is 20.2 Å². The molecule has 45 heavy (non-hydrogen) atoms. The number of rotatable bonds is 13. The Labute approximate surface area is 266 Å². The fourth-order valence-electron chi connectivity index (χ4n) is 4.92. The van der Waals surface area contributed by atoms with Crippen LogP contribution in [0.3, 0.4) is 0 Å². The summed E-state index contributed by atoms with van der Waals surface area (Å²) in [6.45, 7) is 16.0. The third kappa shape index (κ3) is 8.81. The molecule has 1 fully saturated rings. The van der Waals surface area contributed by atoms with Crippen molar-refractivity contribution in [3.05, 3.63) is 41.3 Å². The van der Waals surface area contributed by atoms with Crippen LogP contribution in [0, 0.1) is 13.8 Å². The van der Waals surface area contributed by atoms with Crippen LogP contribution in [0.4, 0.5) is 10.6 Å². The number of nitrogens with two attached hydrogens (primary N) is 1. The molecule has 1 aliphatic rings. The summed E-state index contributed by atoms with van der Waals surface area (Å²) in [5, 5.41) is 18.2. The molecule has 2 aromatic heterocycles. The number of benzene rings is 1. The summed E-state index contributed by atoms with van der Waals surface area (Å²) in [6, 6.07) is 7.70. The summed E-state index contributed by atoms with van der Waals surface area (Å²) >= 11 is 0. The number of aliphatic hydroxyl groups excluding tert-OH is 1. The lowest BCUT2D eigenvalue weighted by molar-refractivity contribution is 0.0809. The van der Waals surface area contributed by atoms with Gasteiger partial charge in [-0.1, -0.05) is 38.1 Å². The first-order valence-electron chi connectivity index (χ1n) is 15.4. The molecule has 0 radical (unpaired) electrons. The number of aliphatic hydroxyl groups is 1. The molecule has 12 nitrogen and oxygen atoms in total. The van der Waals surface area contributed by atoms with Gasteiger partial charge in [-0.3, -0.25) is 0 Å². The number of primary amides is 1. The predicted molar refractivity (Wildman–Crippen MR) is 174 cm³/mol. The molecule has 0 saturated carbocycles. The maximum absolute atomic E-state index is 11.2. The number of aryl methyl sites for hydroxylation is 2. The maximum Gasteiger partial charge on any atom is 0.404 e. The van der Waals surface area contributed by atoms with Crippen LogP contribution in [0.1, 0.15) is 57.1 Å². The monoisotopic (exact) mass is 641 g/mol. The Bertz CT molecular complexity index is 1430. The van der Waals surface area contributed by atoms with E-state index in [0.29, 0.717) is 59.7 Å². The molecule has 246 valence electrons. The number of ether oxygens (including phenoxy) is 3. The lowest BCUT2D eigenvalue weighted by Crippen LogP contribution is -2.45. The van der Waals surface area contributed by atoms with Gasteiger partial charge in [0.2, 0.25) is 0 Å². The Balaban J connectivity index is 1.65. The quantitative estimate of drug-likeness (QED) is 0.195. The van der Waals surface area contributed by atoms with Gasteiger partial charge >= 0.3 is 6.09 Å². The number of nitrogens with zero attached hydrogens (tertiary/aromatic N) is 3. The Morgan fingerprint density at radius 3 is 2.56 bits per heavy atom. The average Bonchev–Trinajstić information content (AvgIpc) is 3.32.